The Labute approximate surface area is 108 Å². The summed E-state index contributed by atoms with van der Waals surface area (Å²) in [6.45, 7) is 1.95. The predicted molar refractivity (Wildman–Crippen MR) is 71.7 cm³/mol. The number of aryl methyl sites for hydroxylation is 2. The topological polar surface area (TPSA) is 49.3 Å². The zero-order chi connectivity index (χ0) is 13.0. The Morgan fingerprint density at radius 2 is 2.06 bits per heavy atom. The Kier molecular flexibility index (Phi) is 4.37. The average molecular weight is 247 g/mol. The number of aliphatic hydroxyl groups excluding tert-OH is 1. The van der Waals surface area contributed by atoms with E-state index in [0.29, 0.717) is 5.56 Å². The van der Waals surface area contributed by atoms with Crippen molar-refractivity contribution in [2.75, 3.05) is 6.61 Å². The highest BCUT2D eigenvalue weighted by atomic mass is 16.3. The first-order valence-electron chi connectivity index (χ1n) is 6.78. The van der Waals surface area contributed by atoms with Gasteiger partial charge in [-0.05, 0) is 55.4 Å². The summed E-state index contributed by atoms with van der Waals surface area (Å²) in [5, 5.41) is 11.9. The van der Waals surface area contributed by atoms with E-state index in [1.165, 1.54) is 24.0 Å². The molecule has 3 heteroatoms. The molecule has 1 aromatic carbocycles. The van der Waals surface area contributed by atoms with Gasteiger partial charge in [-0.3, -0.25) is 4.79 Å². The molecule has 0 radical (unpaired) electrons. The summed E-state index contributed by atoms with van der Waals surface area (Å²) in [6, 6.07) is 5.83. The van der Waals surface area contributed by atoms with Crippen molar-refractivity contribution in [3.63, 3.8) is 0 Å². The largest absolute Gasteiger partial charge is 0.394 e. The van der Waals surface area contributed by atoms with E-state index in [1.54, 1.807) is 0 Å². The van der Waals surface area contributed by atoms with Crippen molar-refractivity contribution in [2.24, 2.45) is 0 Å². The molecule has 1 atom stereocenters. The minimum atomic E-state index is -0.145. The van der Waals surface area contributed by atoms with Crippen LogP contribution in [-0.2, 0) is 12.8 Å². The molecular weight excluding hydrogens is 226 g/mol. The molecule has 0 spiro atoms. The third-order valence-electron chi connectivity index (χ3n) is 3.66. The number of carbonyl (C=O) groups excluding carboxylic acids is 1. The SMILES string of the molecule is CC[C@@H](CO)NC(=O)c1ccc2c(c1)CCCC2. The zero-order valence-corrected chi connectivity index (χ0v) is 10.9. The standard InChI is InChI=1S/C15H21NO2/c1-2-14(10-17)16-15(18)13-8-7-11-5-3-4-6-12(11)9-13/h7-9,14,17H,2-6,10H2,1H3,(H,16,18)/t14-/m0/s1. The summed E-state index contributed by atoms with van der Waals surface area (Å²) in [7, 11) is 0. The third kappa shape index (κ3) is 2.91. The van der Waals surface area contributed by atoms with Crippen LogP contribution in [0.15, 0.2) is 18.2 Å². The Hall–Kier alpha value is -1.35. The van der Waals surface area contributed by atoms with E-state index in [9.17, 15) is 4.79 Å². The van der Waals surface area contributed by atoms with Gasteiger partial charge in [0.2, 0.25) is 0 Å². The van der Waals surface area contributed by atoms with E-state index in [2.05, 4.69) is 11.4 Å². The molecular formula is C15H21NO2. The number of hydrogen-bond donors (Lipinski definition) is 2. The fourth-order valence-corrected chi connectivity index (χ4v) is 2.42. The van der Waals surface area contributed by atoms with E-state index in [-0.39, 0.29) is 18.6 Å². The summed E-state index contributed by atoms with van der Waals surface area (Å²) in [4.78, 5) is 12.0. The first-order chi connectivity index (χ1) is 8.74. The lowest BCUT2D eigenvalue weighted by Gasteiger charge is -2.18. The smallest absolute Gasteiger partial charge is 0.251 e. The molecule has 1 aromatic rings. The highest BCUT2D eigenvalue weighted by Crippen LogP contribution is 2.22. The lowest BCUT2D eigenvalue weighted by molar-refractivity contribution is 0.0915. The number of carbonyl (C=O) groups is 1. The molecule has 0 fully saturated rings. The first kappa shape index (κ1) is 13.1. The monoisotopic (exact) mass is 247 g/mol. The van der Waals surface area contributed by atoms with Crippen LogP contribution in [-0.4, -0.2) is 23.7 Å². The van der Waals surface area contributed by atoms with Gasteiger partial charge in [0.25, 0.3) is 5.91 Å². The maximum atomic E-state index is 12.0. The summed E-state index contributed by atoms with van der Waals surface area (Å²) in [5.41, 5.74) is 3.40. The van der Waals surface area contributed by atoms with Crippen LogP contribution in [0.3, 0.4) is 0 Å². The molecule has 0 bridgehead atoms. The van der Waals surface area contributed by atoms with Crippen molar-refractivity contribution in [1.29, 1.82) is 0 Å². The summed E-state index contributed by atoms with van der Waals surface area (Å²) in [6.07, 6.45) is 5.42. The maximum absolute atomic E-state index is 12.0. The molecule has 0 unspecified atom stereocenters. The summed E-state index contributed by atoms with van der Waals surface area (Å²) >= 11 is 0. The highest BCUT2D eigenvalue weighted by Gasteiger charge is 2.14. The van der Waals surface area contributed by atoms with Crippen LogP contribution in [0.1, 0.15) is 47.7 Å². The van der Waals surface area contributed by atoms with Crippen molar-refractivity contribution in [2.45, 2.75) is 45.1 Å². The van der Waals surface area contributed by atoms with Crippen LogP contribution in [0.25, 0.3) is 0 Å². The second-order valence-corrected chi connectivity index (χ2v) is 4.95. The number of rotatable bonds is 4. The number of aliphatic hydroxyl groups is 1. The lowest BCUT2D eigenvalue weighted by atomic mass is 9.90. The number of hydrogen-bond acceptors (Lipinski definition) is 2. The first-order valence-corrected chi connectivity index (χ1v) is 6.78. The van der Waals surface area contributed by atoms with Crippen molar-refractivity contribution in [3.8, 4) is 0 Å². The molecule has 18 heavy (non-hydrogen) atoms. The number of nitrogens with one attached hydrogen (secondary N) is 1. The fourth-order valence-electron chi connectivity index (χ4n) is 2.42. The molecule has 2 rings (SSSR count). The van der Waals surface area contributed by atoms with Crippen LogP contribution in [0.2, 0.25) is 0 Å². The molecule has 1 amide bonds. The Morgan fingerprint density at radius 1 is 1.33 bits per heavy atom. The van der Waals surface area contributed by atoms with Crippen LogP contribution >= 0.6 is 0 Å². The molecule has 3 nitrogen and oxygen atoms in total. The molecule has 0 aromatic heterocycles. The van der Waals surface area contributed by atoms with Crippen LogP contribution in [0.4, 0.5) is 0 Å². The second-order valence-electron chi connectivity index (χ2n) is 4.95. The van der Waals surface area contributed by atoms with Gasteiger partial charge in [0.1, 0.15) is 0 Å². The van der Waals surface area contributed by atoms with Gasteiger partial charge < -0.3 is 10.4 Å². The van der Waals surface area contributed by atoms with Gasteiger partial charge in [-0.25, -0.2) is 0 Å². The van der Waals surface area contributed by atoms with Crippen LogP contribution in [0.5, 0.6) is 0 Å². The minimum Gasteiger partial charge on any atom is -0.394 e. The van der Waals surface area contributed by atoms with Gasteiger partial charge in [0, 0.05) is 5.56 Å². The van der Waals surface area contributed by atoms with Crippen molar-refractivity contribution >= 4 is 5.91 Å². The van der Waals surface area contributed by atoms with Crippen molar-refractivity contribution < 1.29 is 9.90 Å². The number of amides is 1. The minimum absolute atomic E-state index is 0.00677. The van der Waals surface area contributed by atoms with E-state index >= 15 is 0 Å². The normalized spacial score (nSPS) is 15.9. The summed E-state index contributed by atoms with van der Waals surface area (Å²) in [5.74, 6) is -0.0794. The molecule has 2 N–H and O–H groups in total. The zero-order valence-electron chi connectivity index (χ0n) is 10.9. The van der Waals surface area contributed by atoms with Crippen molar-refractivity contribution in [1.82, 2.24) is 5.32 Å². The van der Waals surface area contributed by atoms with E-state index in [1.807, 2.05) is 19.1 Å². The highest BCUT2D eigenvalue weighted by molar-refractivity contribution is 5.94. The van der Waals surface area contributed by atoms with E-state index in [4.69, 9.17) is 5.11 Å². The molecule has 0 aliphatic heterocycles. The fraction of sp³-hybridized carbons (Fsp3) is 0.533. The van der Waals surface area contributed by atoms with Crippen LogP contribution < -0.4 is 5.32 Å². The molecule has 0 saturated heterocycles. The average Bonchev–Trinajstić information content (AvgIpc) is 2.44. The number of fused-ring (bicyclic) bond motifs is 1. The second kappa shape index (κ2) is 6.01. The Morgan fingerprint density at radius 3 is 2.72 bits per heavy atom. The molecule has 1 aliphatic rings. The lowest BCUT2D eigenvalue weighted by Crippen LogP contribution is -2.37. The summed E-state index contributed by atoms with van der Waals surface area (Å²) < 4.78 is 0. The third-order valence-corrected chi connectivity index (χ3v) is 3.66. The number of benzene rings is 1. The van der Waals surface area contributed by atoms with Gasteiger partial charge in [-0.2, -0.15) is 0 Å². The van der Waals surface area contributed by atoms with E-state index < -0.39 is 0 Å². The molecule has 0 heterocycles. The maximum Gasteiger partial charge on any atom is 0.251 e. The van der Waals surface area contributed by atoms with Crippen LogP contribution in [0, 0.1) is 0 Å². The van der Waals surface area contributed by atoms with Gasteiger partial charge in [-0.1, -0.05) is 13.0 Å². The van der Waals surface area contributed by atoms with E-state index in [0.717, 1.165) is 19.3 Å². The Bertz CT molecular complexity index is 425. The van der Waals surface area contributed by atoms with Gasteiger partial charge >= 0.3 is 0 Å². The van der Waals surface area contributed by atoms with Gasteiger partial charge in [0.15, 0.2) is 0 Å². The molecule has 1 aliphatic carbocycles. The molecule has 0 saturated carbocycles. The van der Waals surface area contributed by atoms with Gasteiger partial charge in [-0.15, -0.1) is 0 Å². The predicted octanol–water partition coefficient (Wildman–Crippen LogP) is 2.07. The quantitative estimate of drug-likeness (QED) is 0.855. The molecule has 98 valence electrons. The Balaban J connectivity index is 2.11. The van der Waals surface area contributed by atoms with Crippen molar-refractivity contribution in [3.05, 3.63) is 34.9 Å². The van der Waals surface area contributed by atoms with Gasteiger partial charge in [0.05, 0.1) is 12.6 Å².